The van der Waals surface area contributed by atoms with Gasteiger partial charge in [0.15, 0.2) is 0 Å². The number of aromatic nitrogens is 2. The number of rotatable bonds is 6. The third-order valence-electron chi connectivity index (χ3n) is 3.67. The molecule has 5 heteroatoms. The molecule has 1 fully saturated rings. The SMILES string of the molecule is Cc1cc(N(CCO)CC2CCCN2)nc(C(C)C)n1. The second-order valence-corrected chi connectivity index (χ2v) is 5.84. The van der Waals surface area contributed by atoms with Crippen LogP contribution in [0.4, 0.5) is 5.82 Å². The molecule has 2 heterocycles. The minimum atomic E-state index is 0.146. The highest BCUT2D eigenvalue weighted by Gasteiger charge is 2.19. The zero-order valence-corrected chi connectivity index (χ0v) is 12.8. The summed E-state index contributed by atoms with van der Waals surface area (Å²) >= 11 is 0. The normalized spacial score (nSPS) is 18.8. The third kappa shape index (κ3) is 3.90. The molecule has 1 aromatic rings. The van der Waals surface area contributed by atoms with Crippen LogP contribution in [0.1, 0.15) is 44.1 Å². The van der Waals surface area contributed by atoms with E-state index in [9.17, 15) is 5.11 Å². The minimum Gasteiger partial charge on any atom is -0.395 e. The van der Waals surface area contributed by atoms with Gasteiger partial charge >= 0.3 is 0 Å². The molecule has 0 amide bonds. The number of aryl methyl sites for hydroxylation is 1. The zero-order chi connectivity index (χ0) is 14.5. The van der Waals surface area contributed by atoms with Crippen LogP contribution in [0.2, 0.25) is 0 Å². The Morgan fingerprint density at radius 1 is 1.45 bits per heavy atom. The lowest BCUT2D eigenvalue weighted by Gasteiger charge is -2.27. The van der Waals surface area contributed by atoms with Gasteiger partial charge in [-0.2, -0.15) is 0 Å². The highest BCUT2D eigenvalue weighted by molar-refractivity contribution is 5.40. The molecule has 1 atom stereocenters. The first kappa shape index (κ1) is 15.2. The number of hydrogen-bond acceptors (Lipinski definition) is 5. The Kier molecular flexibility index (Phi) is 5.31. The highest BCUT2D eigenvalue weighted by Crippen LogP contribution is 2.18. The molecule has 0 spiro atoms. The maximum absolute atomic E-state index is 9.31. The van der Waals surface area contributed by atoms with Crippen molar-refractivity contribution in [2.24, 2.45) is 0 Å². The fourth-order valence-corrected chi connectivity index (χ4v) is 2.59. The first-order chi connectivity index (χ1) is 9.60. The predicted molar refractivity (Wildman–Crippen MR) is 81.2 cm³/mol. The van der Waals surface area contributed by atoms with Crippen molar-refractivity contribution >= 4 is 5.82 Å². The Morgan fingerprint density at radius 3 is 2.85 bits per heavy atom. The molecule has 1 aliphatic rings. The van der Waals surface area contributed by atoms with E-state index in [1.54, 1.807) is 0 Å². The quantitative estimate of drug-likeness (QED) is 0.825. The number of nitrogens with one attached hydrogen (secondary N) is 1. The van der Waals surface area contributed by atoms with Crippen molar-refractivity contribution in [3.63, 3.8) is 0 Å². The number of anilines is 1. The Labute approximate surface area is 121 Å². The zero-order valence-electron chi connectivity index (χ0n) is 12.8. The molecule has 1 aliphatic heterocycles. The van der Waals surface area contributed by atoms with Crippen molar-refractivity contribution in [3.8, 4) is 0 Å². The standard InChI is InChI=1S/C15H26N4O/c1-11(2)15-17-12(3)9-14(18-15)19(7-8-20)10-13-5-4-6-16-13/h9,11,13,16,20H,4-8,10H2,1-3H3. The largest absolute Gasteiger partial charge is 0.395 e. The predicted octanol–water partition coefficient (Wildman–Crippen LogP) is 1.46. The molecule has 0 aromatic carbocycles. The summed E-state index contributed by atoms with van der Waals surface area (Å²) in [5.74, 6) is 2.13. The van der Waals surface area contributed by atoms with Crippen molar-refractivity contribution < 1.29 is 5.11 Å². The van der Waals surface area contributed by atoms with Crippen LogP contribution in [0, 0.1) is 6.92 Å². The Bertz CT molecular complexity index is 430. The van der Waals surface area contributed by atoms with E-state index in [2.05, 4.69) is 34.0 Å². The summed E-state index contributed by atoms with van der Waals surface area (Å²) in [7, 11) is 0. The first-order valence-corrected chi connectivity index (χ1v) is 7.55. The van der Waals surface area contributed by atoms with Gasteiger partial charge in [0.2, 0.25) is 0 Å². The van der Waals surface area contributed by atoms with Crippen LogP contribution in [0.25, 0.3) is 0 Å². The Balaban J connectivity index is 2.18. The topological polar surface area (TPSA) is 61.3 Å². The van der Waals surface area contributed by atoms with E-state index in [-0.39, 0.29) is 6.61 Å². The van der Waals surface area contributed by atoms with Crippen LogP contribution in [-0.2, 0) is 0 Å². The lowest BCUT2D eigenvalue weighted by Crippen LogP contribution is -2.39. The van der Waals surface area contributed by atoms with Crippen molar-refractivity contribution in [2.45, 2.75) is 45.6 Å². The van der Waals surface area contributed by atoms with Gasteiger partial charge in [0.05, 0.1) is 6.61 Å². The van der Waals surface area contributed by atoms with E-state index in [0.717, 1.165) is 30.4 Å². The van der Waals surface area contributed by atoms with Crippen molar-refractivity contribution in [2.75, 3.05) is 31.1 Å². The second kappa shape index (κ2) is 6.99. The number of aliphatic hydroxyl groups is 1. The summed E-state index contributed by atoms with van der Waals surface area (Å²) in [6.45, 7) is 8.97. The van der Waals surface area contributed by atoms with Crippen LogP contribution in [0.3, 0.4) is 0 Å². The number of hydrogen-bond donors (Lipinski definition) is 2. The van der Waals surface area contributed by atoms with Crippen LogP contribution in [0.15, 0.2) is 6.07 Å². The summed E-state index contributed by atoms with van der Waals surface area (Å²) in [4.78, 5) is 11.3. The average molecular weight is 278 g/mol. The van der Waals surface area contributed by atoms with Gasteiger partial charge in [0.25, 0.3) is 0 Å². The molecular formula is C15H26N4O. The van der Waals surface area contributed by atoms with Crippen LogP contribution >= 0.6 is 0 Å². The van der Waals surface area contributed by atoms with Gasteiger partial charge in [-0.3, -0.25) is 0 Å². The molecule has 1 aromatic heterocycles. The molecule has 5 nitrogen and oxygen atoms in total. The van der Waals surface area contributed by atoms with E-state index in [1.165, 1.54) is 12.8 Å². The second-order valence-electron chi connectivity index (χ2n) is 5.84. The van der Waals surface area contributed by atoms with Gasteiger partial charge in [-0.05, 0) is 26.3 Å². The van der Waals surface area contributed by atoms with Gasteiger partial charge in [-0.25, -0.2) is 9.97 Å². The fraction of sp³-hybridized carbons (Fsp3) is 0.733. The van der Waals surface area contributed by atoms with Gasteiger partial charge in [-0.1, -0.05) is 13.8 Å². The molecular weight excluding hydrogens is 252 g/mol. The summed E-state index contributed by atoms with van der Waals surface area (Å²) in [5.41, 5.74) is 0.987. The minimum absolute atomic E-state index is 0.146. The molecule has 0 radical (unpaired) electrons. The number of aliphatic hydroxyl groups excluding tert-OH is 1. The molecule has 1 saturated heterocycles. The maximum Gasteiger partial charge on any atom is 0.133 e. The first-order valence-electron chi connectivity index (χ1n) is 7.55. The molecule has 2 N–H and O–H groups in total. The number of nitrogens with zero attached hydrogens (tertiary/aromatic N) is 3. The third-order valence-corrected chi connectivity index (χ3v) is 3.67. The van der Waals surface area contributed by atoms with Gasteiger partial charge in [-0.15, -0.1) is 0 Å². The van der Waals surface area contributed by atoms with Gasteiger partial charge in [0, 0.05) is 36.8 Å². The molecule has 112 valence electrons. The van der Waals surface area contributed by atoms with Crippen LogP contribution in [-0.4, -0.2) is 47.4 Å². The maximum atomic E-state index is 9.31. The summed E-state index contributed by atoms with van der Waals surface area (Å²) in [6, 6.07) is 2.51. The Morgan fingerprint density at radius 2 is 2.25 bits per heavy atom. The molecule has 0 saturated carbocycles. The van der Waals surface area contributed by atoms with Crippen molar-refractivity contribution in [1.29, 1.82) is 0 Å². The molecule has 0 bridgehead atoms. The van der Waals surface area contributed by atoms with Crippen molar-refractivity contribution in [1.82, 2.24) is 15.3 Å². The van der Waals surface area contributed by atoms with E-state index >= 15 is 0 Å². The monoisotopic (exact) mass is 278 g/mol. The average Bonchev–Trinajstić information content (AvgIpc) is 2.90. The van der Waals surface area contributed by atoms with E-state index in [4.69, 9.17) is 0 Å². The van der Waals surface area contributed by atoms with E-state index in [0.29, 0.717) is 18.5 Å². The summed E-state index contributed by atoms with van der Waals surface area (Å²) in [5, 5.41) is 12.8. The summed E-state index contributed by atoms with van der Waals surface area (Å²) < 4.78 is 0. The van der Waals surface area contributed by atoms with E-state index < -0.39 is 0 Å². The molecule has 1 unspecified atom stereocenters. The lowest BCUT2D eigenvalue weighted by atomic mass is 10.2. The highest BCUT2D eigenvalue weighted by atomic mass is 16.3. The van der Waals surface area contributed by atoms with Gasteiger partial charge < -0.3 is 15.3 Å². The fourth-order valence-electron chi connectivity index (χ4n) is 2.59. The lowest BCUT2D eigenvalue weighted by molar-refractivity contribution is 0.300. The van der Waals surface area contributed by atoms with Gasteiger partial charge in [0.1, 0.15) is 11.6 Å². The van der Waals surface area contributed by atoms with Crippen molar-refractivity contribution in [3.05, 3.63) is 17.6 Å². The Hall–Kier alpha value is -1.20. The molecule has 2 rings (SSSR count). The molecule has 20 heavy (non-hydrogen) atoms. The molecule has 0 aliphatic carbocycles. The van der Waals surface area contributed by atoms with Crippen LogP contribution in [0.5, 0.6) is 0 Å². The summed E-state index contributed by atoms with van der Waals surface area (Å²) in [6.07, 6.45) is 2.43. The van der Waals surface area contributed by atoms with Crippen LogP contribution < -0.4 is 10.2 Å². The smallest absolute Gasteiger partial charge is 0.133 e. The van der Waals surface area contributed by atoms with E-state index in [1.807, 2.05) is 13.0 Å².